The summed E-state index contributed by atoms with van der Waals surface area (Å²) in [5.74, 6) is 0.897. The number of fused-ring (bicyclic) bond motifs is 1. The zero-order valence-electron chi connectivity index (χ0n) is 11.2. The van der Waals surface area contributed by atoms with Crippen LogP contribution in [0.5, 0.6) is 5.75 Å². The van der Waals surface area contributed by atoms with Crippen LogP contribution in [-0.2, 0) is 22.5 Å². The van der Waals surface area contributed by atoms with E-state index in [4.69, 9.17) is 4.74 Å². The van der Waals surface area contributed by atoms with Gasteiger partial charge in [0.2, 0.25) is 0 Å². The van der Waals surface area contributed by atoms with E-state index in [-0.39, 0.29) is 17.6 Å². The normalized spacial score (nSPS) is 17.6. The van der Waals surface area contributed by atoms with Crippen molar-refractivity contribution in [3.63, 3.8) is 0 Å². The standard InChI is InChI=1S/C15H16N2O3/c1-20-15(19)11-6-7-17-12(8-11)9-16-14(17)10-2-4-13(18)5-3-10/h2-5,9,11,18H,6-8H2,1H3. The van der Waals surface area contributed by atoms with E-state index in [9.17, 15) is 9.90 Å². The van der Waals surface area contributed by atoms with Crippen molar-refractivity contribution in [3.05, 3.63) is 36.2 Å². The molecule has 0 saturated heterocycles. The second-order valence-corrected chi connectivity index (χ2v) is 4.98. The Balaban J connectivity index is 1.90. The summed E-state index contributed by atoms with van der Waals surface area (Å²) in [6, 6.07) is 6.99. The Morgan fingerprint density at radius 2 is 2.15 bits per heavy atom. The van der Waals surface area contributed by atoms with Crippen molar-refractivity contribution >= 4 is 5.97 Å². The smallest absolute Gasteiger partial charge is 0.309 e. The molecule has 0 spiro atoms. The number of esters is 1. The Morgan fingerprint density at radius 1 is 1.40 bits per heavy atom. The Bertz CT molecular complexity index is 631. The zero-order valence-corrected chi connectivity index (χ0v) is 11.2. The molecule has 20 heavy (non-hydrogen) atoms. The van der Waals surface area contributed by atoms with Crippen molar-refractivity contribution in [1.82, 2.24) is 9.55 Å². The third-order valence-electron chi connectivity index (χ3n) is 3.75. The molecule has 2 heterocycles. The zero-order chi connectivity index (χ0) is 14.1. The highest BCUT2D eigenvalue weighted by Crippen LogP contribution is 2.28. The van der Waals surface area contributed by atoms with Crippen LogP contribution in [0.1, 0.15) is 12.1 Å². The Kier molecular flexibility index (Phi) is 3.18. The van der Waals surface area contributed by atoms with Crippen molar-refractivity contribution < 1.29 is 14.6 Å². The van der Waals surface area contributed by atoms with Gasteiger partial charge in [-0.25, -0.2) is 4.98 Å². The monoisotopic (exact) mass is 272 g/mol. The first-order chi connectivity index (χ1) is 9.69. The number of nitrogens with zero attached hydrogens (tertiary/aromatic N) is 2. The van der Waals surface area contributed by atoms with Crippen molar-refractivity contribution in [1.29, 1.82) is 0 Å². The van der Waals surface area contributed by atoms with E-state index in [1.165, 1.54) is 7.11 Å². The minimum Gasteiger partial charge on any atom is -0.508 e. The topological polar surface area (TPSA) is 64.4 Å². The molecule has 0 fully saturated rings. The fourth-order valence-electron chi connectivity index (χ4n) is 2.67. The highest BCUT2D eigenvalue weighted by molar-refractivity contribution is 5.73. The molecule has 1 atom stereocenters. The predicted octanol–water partition coefficient (Wildman–Crippen LogP) is 1.99. The molecule has 0 radical (unpaired) electrons. The number of methoxy groups -OCH3 is 1. The molecule has 104 valence electrons. The lowest BCUT2D eigenvalue weighted by Crippen LogP contribution is -2.26. The van der Waals surface area contributed by atoms with Crippen LogP contribution < -0.4 is 0 Å². The van der Waals surface area contributed by atoms with Gasteiger partial charge in [-0.1, -0.05) is 0 Å². The van der Waals surface area contributed by atoms with Gasteiger partial charge < -0.3 is 14.4 Å². The van der Waals surface area contributed by atoms with Crippen LogP contribution in [0.2, 0.25) is 0 Å². The van der Waals surface area contributed by atoms with Gasteiger partial charge in [0, 0.05) is 30.4 Å². The van der Waals surface area contributed by atoms with Crippen molar-refractivity contribution in [2.75, 3.05) is 7.11 Å². The molecule has 0 bridgehead atoms. The Morgan fingerprint density at radius 3 is 2.85 bits per heavy atom. The Hall–Kier alpha value is -2.30. The summed E-state index contributed by atoms with van der Waals surface area (Å²) in [7, 11) is 1.43. The van der Waals surface area contributed by atoms with Crippen molar-refractivity contribution in [3.8, 4) is 17.1 Å². The van der Waals surface area contributed by atoms with Gasteiger partial charge in [0.15, 0.2) is 0 Å². The number of carbonyl (C=O) groups is 1. The van der Waals surface area contributed by atoms with Crippen LogP contribution in [0.25, 0.3) is 11.4 Å². The first-order valence-electron chi connectivity index (χ1n) is 6.60. The number of hydrogen-bond donors (Lipinski definition) is 1. The third kappa shape index (κ3) is 2.15. The maximum absolute atomic E-state index is 11.6. The molecule has 2 aromatic rings. The van der Waals surface area contributed by atoms with Crippen molar-refractivity contribution in [2.24, 2.45) is 5.92 Å². The van der Waals surface area contributed by atoms with Crippen LogP contribution in [0.15, 0.2) is 30.5 Å². The summed E-state index contributed by atoms with van der Waals surface area (Å²) in [6.45, 7) is 0.755. The first kappa shape index (κ1) is 12.7. The molecule has 5 heteroatoms. The van der Waals surface area contributed by atoms with Gasteiger partial charge in [-0.15, -0.1) is 0 Å². The quantitative estimate of drug-likeness (QED) is 0.849. The number of rotatable bonds is 2. The molecule has 1 N–H and O–H groups in total. The van der Waals surface area contributed by atoms with Crippen LogP contribution in [0.3, 0.4) is 0 Å². The van der Waals surface area contributed by atoms with Gasteiger partial charge in [0.25, 0.3) is 0 Å². The van der Waals surface area contributed by atoms with E-state index in [0.29, 0.717) is 6.42 Å². The van der Waals surface area contributed by atoms with Gasteiger partial charge in [-0.3, -0.25) is 4.79 Å². The second-order valence-electron chi connectivity index (χ2n) is 4.98. The van der Waals surface area contributed by atoms with Crippen LogP contribution >= 0.6 is 0 Å². The summed E-state index contributed by atoms with van der Waals surface area (Å²) >= 11 is 0. The summed E-state index contributed by atoms with van der Waals surface area (Å²) in [4.78, 5) is 16.1. The number of phenols is 1. The average Bonchev–Trinajstić information content (AvgIpc) is 2.90. The largest absolute Gasteiger partial charge is 0.508 e. The predicted molar refractivity (Wildman–Crippen MR) is 73.2 cm³/mol. The lowest BCUT2D eigenvalue weighted by atomic mass is 9.96. The van der Waals surface area contributed by atoms with Gasteiger partial charge in [0.1, 0.15) is 11.6 Å². The van der Waals surface area contributed by atoms with E-state index < -0.39 is 0 Å². The van der Waals surface area contributed by atoms with E-state index in [1.54, 1.807) is 12.1 Å². The van der Waals surface area contributed by atoms with E-state index in [1.807, 2.05) is 18.3 Å². The SMILES string of the molecule is COC(=O)C1CCn2c(cnc2-c2ccc(O)cc2)C1. The molecule has 5 nitrogen and oxygen atoms in total. The minimum atomic E-state index is -0.149. The number of ether oxygens (including phenoxy) is 1. The molecule has 1 aliphatic heterocycles. The minimum absolute atomic E-state index is 0.0723. The van der Waals surface area contributed by atoms with Crippen molar-refractivity contribution in [2.45, 2.75) is 19.4 Å². The number of benzene rings is 1. The summed E-state index contributed by atoms with van der Waals surface area (Å²) in [5.41, 5.74) is 2.01. The number of imidazole rings is 1. The molecule has 1 unspecified atom stereocenters. The third-order valence-corrected chi connectivity index (χ3v) is 3.75. The highest BCUT2D eigenvalue weighted by atomic mass is 16.5. The van der Waals surface area contributed by atoms with Gasteiger partial charge >= 0.3 is 5.97 Å². The fraction of sp³-hybridized carbons (Fsp3) is 0.333. The van der Waals surface area contributed by atoms with E-state index in [0.717, 1.165) is 30.0 Å². The lowest BCUT2D eigenvalue weighted by Gasteiger charge is -2.23. The summed E-state index contributed by atoms with van der Waals surface area (Å²) in [5, 5.41) is 9.34. The van der Waals surface area contributed by atoms with Crippen LogP contribution in [0, 0.1) is 5.92 Å². The summed E-state index contributed by atoms with van der Waals surface area (Å²) < 4.78 is 6.94. The fourth-order valence-corrected chi connectivity index (χ4v) is 2.67. The highest BCUT2D eigenvalue weighted by Gasteiger charge is 2.27. The summed E-state index contributed by atoms with van der Waals surface area (Å²) in [6.07, 6.45) is 3.25. The van der Waals surface area contributed by atoms with Gasteiger partial charge in [-0.05, 0) is 30.7 Å². The van der Waals surface area contributed by atoms with Gasteiger partial charge in [-0.2, -0.15) is 0 Å². The van der Waals surface area contributed by atoms with Gasteiger partial charge in [0.05, 0.1) is 13.0 Å². The average molecular weight is 272 g/mol. The second kappa shape index (κ2) is 5.00. The number of carbonyl (C=O) groups excluding carboxylic acids is 1. The number of aromatic hydroxyl groups is 1. The number of phenolic OH excluding ortho intramolecular Hbond substituents is 1. The first-order valence-corrected chi connectivity index (χ1v) is 6.60. The molecular weight excluding hydrogens is 256 g/mol. The number of hydrogen-bond acceptors (Lipinski definition) is 4. The van der Waals surface area contributed by atoms with E-state index >= 15 is 0 Å². The molecule has 3 rings (SSSR count). The van der Waals surface area contributed by atoms with Crippen LogP contribution in [0.4, 0.5) is 0 Å². The molecule has 0 aliphatic carbocycles. The molecule has 1 aliphatic rings. The van der Waals surface area contributed by atoms with Crippen LogP contribution in [-0.4, -0.2) is 27.7 Å². The maximum Gasteiger partial charge on any atom is 0.309 e. The molecule has 0 saturated carbocycles. The van der Waals surface area contributed by atoms with E-state index in [2.05, 4.69) is 9.55 Å². The number of aromatic nitrogens is 2. The Labute approximate surface area is 116 Å². The molecular formula is C15H16N2O3. The molecule has 1 aromatic heterocycles. The molecule has 0 amide bonds. The maximum atomic E-state index is 11.6. The molecule has 1 aromatic carbocycles. The lowest BCUT2D eigenvalue weighted by molar-refractivity contribution is -0.146.